The zero-order chi connectivity index (χ0) is 13.2. The van der Waals surface area contributed by atoms with E-state index < -0.39 is 9.84 Å². The normalized spacial score (nSPS) is 24.0. The van der Waals surface area contributed by atoms with Gasteiger partial charge in [-0.05, 0) is 43.2 Å². The standard InChI is InChI=1S/C14H21NO2S/c1-11-4-2-3-5-13(11)9-14(15)8-12-6-7-18(16,17)10-12/h2-5,12,14H,6-10,15H2,1H3. The van der Waals surface area contributed by atoms with Crippen LogP contribution >= 0.6 is 0 Å². The molecule has 1 saturated heterocycles. The van der Waals surface area contributed by atoms with Crippen molar-refractivity contribution in [3.05, 3.63) is 35.4 Å². The SMILES string of the molecule is Cc1ccccc1CC(N)CC1CCS(=O)(=O)C1. The van der Waals surface area contributed by atoms with Crippen LogP contribution in [0.4, 0.5) is 0 Å². The molecule has 0 spiro atoms. The molecule has 3 nitrogen and oxygen atoms in total. The van der Waals surface area contributed by atoms with E-state index in [1.807, 2.05) is 12.1 Å². The summed E-state index contributed by atoms with van der Waals surface area (Å²) in [5.74, 6) is 0.928. The third-order valence-corrected chi connectivity index (χ3v) is 5.54. The summed E-state index contributed by atoms with van der Waals surface area (Å²) in [5.41, 5.74) is 8.67. The van der Waals surface area contributed by atoms with Crippen molar-refractivity contribution in [2.24, 2.45) is 11.7 Å². The van der Waals surface area contributed by atoms with Gasteiger partial charge in [0.15, 0.2) is 9.84 Å². The highest BCUT2D eigenvalue weighted by Crippen LogP contribution is 2.23. The highest BCUT2D eigenvalue weighted by molar-refractivity contribution is 7.91. The molecule has 0 bridgehead atoms. The van der Waals surface area contributed by atoms with Crippen molar-refractivity contribution in [2.45, 2.75) is 32.2 Å². The average Bonchev–Trinajstić information content (AvgIpc) is 2.61. The van der Waals surface area contributed by atoms with Gasteiger partial charge in [0.25, 0.3) is 0 Å². The summed E-state index contributed by atoms with van der Waals surface area (Å²) in [4.78, 5) is 0. The summed E-state index contributed by atoms with van der Waals surface area (Å²) in [6, 6.07) is 8.29. The summed E-state index contributed by atoms with van der Waals surface area (Å²) in [6.07, 6.45) is 2.43. The van der Waals surface area contributed by atoms with Gasteiger partial charge in [-0.3, -0.25) is 0 Å². The van der Waals surface area contributed by atoms with Crippen LogP contribution in [0.5, 0.6) is 0 Å². The molecule has 0 saturated carbocycles. The number of sulfone groups is 1. The smallest absolute Gasteiger partial charge is 0.150 e. The third kappa shape index (κ3) is 3.56. The molecule has 1 aliphatic rings. The molecule has 1 aromatic carbocycles. The third-order valence-electron chi connectivity index (χ3n) is 3.71. The van der Waals surface area contributed by atoms with E-state index in [0.29, 0.717) is 11.5 Å². The van der Waals surface area contributed by atoms with Crippen molar-refractivity contribution < 1.29 is 8.42 Å². The molecule has 100 valence electrons. The van der Waals surface area contributed by atoms with Crippen LogP contribution in [-0.4, -0.2) is 26.0 Å². The number of aryl methyl sites for hydroxylation is 1. The van der Waals surface area contributed by atoms with Gasteiger partial charge in [0.2, 0.25) is 0 Å². The Labute approximate surface area is 109 Å². The Hall–Kier alpha value is -0.870. The maximum Gasteiger partial charge on any atom is 0.150 e. The largest absolute Gasteiger partial charge is 0.327 e. The molecule has 2 rings (SSSR count). The Kier molecular flexibility index (Phi) is 4.07. The Balaban J connectivity index is 1.90. The number of nitrogens with two attached hydrogens (primary N) is 1. The van der Waals surface area contributed by atoms with Gasteiger partial charge in [0.1, 0.15) is 0 Å². The lowest BCUT2D eigenvalue weighted by atomic mass is 9.94. The summed E-state index contributed by atoms with van der Waals surface area (Å²) >= 11 is 0. The molecule has 4 heteroatoms. The molecule has 1 fully saturated rings. The molecule has 0 radical (unpaired) electrons. The lowest BCUT2D eigenvalue weighted by Gasteiger charge is -2.16. The van der Waals surface area contributed by atoms with Crippen LogP contribution in [0.15, 0.2) is 24.3 Å². The van der Waals surface area contributed by atoms with Gasteiger partial charge in [-0.2, -0.15) is 0 Å². The molecule has 0 amide bonds. The quantitative estimate of drug-likeness (QED) is 0.903. The second-order valence-electron chi connectivity index (χ2n) is 5.40. The fourth-order valence-electron chi connectivity index (χ4n) is 2.69. The van der Waals surface area contributed by atoms with E-state index in [4.69, 9.17) is 5.73 Å². The molecule has 2 unspecified atom stereocenters. The molecule has 1 aromatic rings. The van der Waals surface area contributed by atoms with Crippen LogP contribution < -0.4 is 5.73 Å². The first-order valence-corrected chi connectivity index (χ1v) is 8.29. The van der Waals surface area contributed by atoms with E-state index in [1.165, 1.54) is 11.1 Å². The molecule has 0 aliphatic carbocycles. The molecule has 0 aromatic heterocycles. The molecule has 2 atom stereocenters. The monoisotopic (exact) mass is 267 g/mol. The van der Waals surface area contributed by atoms with Gasteiger partial charge in [-0.15, -0.1) is 0 Å². The second-order valence-corrected chi connectivity index (χ2v) is 7.62. The maximum atomic E-state index is 11.4. The summed E-state index contributed by atoms with van der Waals surface area (Å²) in [6.45, 7) is 2.09. The predicted molar refractivity (Wildman–Crippen MR) is 74.2 cm³/mol. The summed E-state index contributed by atoms with van der Waals surface area (Å²) < 4.78 is 22.8. The maximum absolute atomic E-state index is 11.4. The van der Waals surface area contributed by atoms with E-state index in [9.17, 15) is 8.42 Å². The molecular formula is C14H21NO2S. The number of rotatable bonds is 4. The predicted octanol–water partition coefficient (Wildman–Crippen LogP) is 1.69. The van der Waals surface area contributed by atoms with Crippen LogP contribution in [0, 0.1) is 12.8 Å². The Morgan fingerprint density at radius 1 is 1.39 bits per heavy atom. The number of hydrogen-bond donors (Lipinski definition) is 1. The first-order valence-electron chi connectivity index (χ1n) is 6.47. The molecule has 1 aliphatic heterocycles. The first-order chi connectivity index (χ1) is 8.46. The lowest BCUT2D eigenvalue weighted by Crippen LogP contribution is -2.26. The zero-order valence-electron chi connectivity index (χ0n) is 10.8. The van der Waals surface area contributed by atoms with E-state index in [-0.39, 0.29) is 12.0 Å². The van der Waals surface area contributed by atoms with Crippen LogP contribution in [0.2, 0.25) is 0 Å². The summed E-state index contributed by atoms with van der Waals surface area (Å²) in [7, 11) is -2.78. The lowest BCUT2D eigenvalue weighted by molar-refractivity contribution is 0.468. The molecule has 1 heterocycles. The Morgan fingerprint density at radius 3 is 2.72 bits per heavy atom. The van der Waals surface area contributed by atoms with Crippen molar-refractivity contribution in [2.75, 3.05) is 11.5 Å². The number of benzene rings is 1. The van der Waals surface area contributed by atoms with Gasteiger partial charge in [-0.25, -0.2) is 8.42 Å². The highest BCUT2D eigenvalue weighted by atomic mass is 32.2. The van der Waals surface area contributed by atoms with E-state index in [2.05, 4.69) is 19.1 Å². The first kappa shape index (κ1) is 13.6. The molecular weight excluding hydrogens is 246 g/mol. The van der Waals surface area contributed by atoms with E-state index in [0.717, 1.165) is 19.3 Å². The topological polar surface area (TPSA) is 60.2 Å². The van der Waals surface area contributed by atoms with Crippen LogP contribution in [-0.2, 0) is 16.3 Å². The van der Waals surface area contributed by atoms with E-state index >= 15 is 0 Å². The minimum absolute atomic E-state index is 0.0596. The van der Waals surface area contributed by atoms with Crippen molar-refractivity contribution in [1.82, 2.24) is 0 Å². The number of hydrogen-bond acceptors (Lipinski definition) is 3. The van der Waals surface area contributed by atoms with Crippen molar-refractivity contribution in [1.29, 1.82) is 0 Å². The van der Waals surface area contributed by atoms with Gasteiger partial charge >= 0.3 is 0 Å². The van der Waals surface area contributed by atoms with Gasteiger partial charge in [-0.1, -0.05) is 24.3 Å². The summed E-state index contributed by atoms with van der Waals surface area (Å²) in [5, 5.41) is 0. The second kappa shape index (κ2) is 5.41. The van der Waals surface area contributed by atoms with Crippen LogP contribution in [0.1, 0.15) is 24.0 Å². The average molecular weight is 267 g/mol. The molecule has 2 N–H and O–H groups in total. The molecule has 18 heavy (non-hydrogen) atoms. The minimum Gasteiger partial charge on any atom is -0.327 e. The van der Waals surface area contributed by atoms with Crippen LogP contribution in [0.25, 0.3) is 0 Å². The van der Waals surface area contributed by atoms with Crippen molar-refractivity contribution in [3.8, 4) is 0 Å². The van der Waals surface area contributed by atoms with Crippen molar-refractivity contribution >= 4 is 9.84 Å². The van der Waals surface area contributed by atoms with Gasteiger partial charge in [0, 0.05) is 6.04 Å². The Bertz CT molecular complexity index is 510. The zero-order valence-corrected chi connectivity index (χ0v) is 11.6. The minimum atomic E-state index is -2.78. The fourth-order valence-corrected chi connectivity index (χ4v) is 4.57. The van der Waals surface area contributed by atoms with Gasteiger partial charge in [0.05, 0.1) is 11.5 Å². The fraction of sp³-hybridized carbons (Fsp3) is 0.571. The highest BCUT2D eigenvalue weighted by Gasteiger charge is 2.28. The van der Waals surface area contributed by atoms with Crippen LogP contribution in [0.3, 0.4) is 0 Å². The van der Waals surface area contributed by atoms with Gasteiger partial charge < -0.3 is 5.73 Å². The Morgan fingerprint density at radius 2 is 2.11 bits per heavy atom. The van der Waals surface area contributed by atoms with E-state index in [1.54, 1.807) is 0 Å². The van der Waals surface area contributed by atoms with Crippen molar-refractivity contribution in [3.63, 3.8) is 0 Å².